The first kappa shape index (κ1) is 20.7. The van der Waals surface area contributed by atoms with Crippen LogP contribution in [0, 0.1) is 13.8 Å². The smallest absolute Gasteiger partial charge is 0.372 e. The molecule has 0 saturated heterocycles. The number of aryl methyl sites for hydroxylation is 1. The van der Waals surface area contributed by atoms with Gasteiger partial charge < -0.3 is 13.3 Å². The van der Waals surface area contributed by atoms with Crippen molar-refractivity contribution in [1.82, 2.24) is 0 Å². The Bertz CT molecular complexity index is 587. The van der Waals surface area contributed by atoms with Gasteiger partial charge in [-0.1, -0.05) is 12.1 Å². The molecule has 0 radical (unpaired) electrons. The molecule has 132 valence electrons. The molecule has 1 aromatic rings. The molecule has 0 aliphatic rings. The lowest BCUT2D eigenvalue weighted by Gasteiger charge is -2.28. The first-order valence-corrected chi connectivity index (χ1v) is 12.0. The van der Waals surface area contributed by atoms with Crippen molar-refractivity contribution in [2.75, 3.05) is 26.1 Å². The van der Waals surface area contributed by atoms with Crippen molar-refractivity contribution < 1.29 is 21.7 Å². The molecule has 0 saturated carbocycles. The summed E-state index contributed by atoms with van der Waals surface area (Å²) in [4.78, 5) is 0.528. The molecule has 0 heterocycles. The van der Waals surface area contributed by atoms with Gasteiger partial charge in [-0.3, -0.25) is 4.18 Å². The number of hydrogen-bond acceptors (Lipinski definition) is 6. The van der Waals surface area contributed by atoms with E-state index in [0.717, 1.165) is 11.1 Å². The molecular weight excluding hydrogens is 352 g/mol. The summed E-state index contributed by atoms with van der Waals surface area (Å²) in [6.07, 6.45) is -0.0295. The molecule has 0 aliphatic heterocycles. The second-order valence-electron chi connectivity index (χ2n) is 4.90. The third kappa shape index (κ3) is 5.59. The van der Waals surface area contributed by atoms with Crippen molar-refractivity contribution >= 4 is 28.8 Å². The molecule has 0 aliphatic carbocycles. The van der Waals surface area contributed by atoms with E-state index in [1.165, 1.54) is 0 Å². The first-order chi connectivity index (χ1) is 10.8. The van der Waals surface area contributed by atoms with E-state index in [9.17, 15) is 4.21 Å². The first-order valence-electron chi connectivity index (χ1n) is 7.69. The molecule has 0 N–H and O–H groups in total. The Morgan fingerprint density at radius 3 is 2.04 bits per heavy atom. The zero-order valence-electron chi connectivity index (χ0n) is 14.4. The van der Waals surface area contributed by atoms with Crippen molar-refractivity contribution in [2.24, 2.45) is 0 Å². The topological polar surface area (TPSA) is 54.0 Å². The highest BCUT2D eigenvalue weighted by molar-refractivity contribution is 8.30. The molecule has 23 heavy (non-hydrogen) atoms. The fourth-order valence-electron chi connectivity index (χ4n) is 2.12. The SMILES string of the molecule is CCO[Si](COS(=O)(=S)c1cccc(C)c1C)(OCC)OCC. The molecule has 5 nitrogen and oxygen atoms in total. The van der Waals surface area contributed by atoms with E-state index >= 15 is 0 Å². The van der Waals surface area contributed by atoms with Gasteiger partial charge in [-0.05, 0) is 51.8 Å². The molecule has 0 amide bonds. The molecule has 1 rings (SSSR count). The van der Waals surface area contributed by atoms with Gasteiger partial charge in [-0.2, -0.15) is 0 Å². The third-order valence-corrected chi connectivity index (χ3v) is 8.44. The van der Waals surface area contributed by atoms with E-state index < -0.39 is 17.6 Å². The summed E-state index contributed by atoms with van der Waals surface area (Å²) < 4.78 is 35.6. The molecule has 1 aromatic carbocycles. The van der Waals surface area contributed by atoms with E-state index in [0.29, 0.717) is 24.7 Å². The summed E-state index contributed by atoms with van der Waals surface area (Å²) >= 11 is 5.24. The number of rotatable bonds is 10. The Morgan fingerprint density at radius 1 is 1.04 bits per heavy atom. The molecule has 0 fully saturated rings. The average Bonchev–Trinajstić information content (AvgIpc) is 2.49. The summed E-state index contributed by atoms with van der Waals surface area (Å²) in [5.74, 6) is 0. The van der Waals surface area contributed by atoms with Crippen LogP contribution in [0.4, 0.5) is 0 Å². The molecule has 0 aromatic heterocycles. The van der Waals surface area contributed by atoms with E-state index in [2.05, 4.69) is 0 Å². The Kier molecular flexibility index (Phi) is 8.29. The maximum absolute atomic E-state index is 12.9. The largest absolute Gasteiger partial charge is 0.529 e. The average molecular weight is 379 g/mol. The Labute approximate surface area is 145 Å². The van der Waals surface area contributed by atoms with E-state index in [1.807, 2.05) is 46.8 Å². The lowest BCUT2D eigenvalue weighted by atomic mass is 10.1. The predicted molar refractivity (Wildman–Crippen MR) is 96.3 cm³/mol. The van der Waals surface area contributed by atoms with Gasteiger partial charge in [-0.15, -0.1) is 0 Å². The summed E-state index contributed by atoms with van der Waals surface area (Å²) in [6, 6.07) is 5.51. The van der Waals surface area contributed by atoms with Crippen LogP contribution in [-0.4, -0.2) is 39.1 Å². The van der Waals surface area contributed by atoms with Crippen molar-refractivity contribution in [3.63, 3.8) is 0 Å². The molecule has 0 bridgehead atoms. The van der Waals surface area contributed by atoms with Gasteiger partial charge >= 0.3 is 8.80 Å². The minimum absolute atomic E-state index is 0.0295. The van der Waals surface area contributed by atoms with Crippen LogP contribution in [0.25, 0.3) is 0 Å². The summed E-state index contributed by atoms with van der Waals surface area (Å²) in [7, 11) is -6.11. The van der Waals surface area contributed by atoms with Crippen LogP contribution in [0.5, 0.6) is 0 Å². The highest BCUT2D eigenvalue weighted by Crippen LogP contribution is 2.22. The minimum atomic E-state index is -3.07. The lowest BCUT2D eigenvalue weighted by Crippen LogP contribution is -2.51. The third-order valence-electron chi connectivity index (χ3n) is 3.31. The van der Waals surface area contributed by atoms with Gasteiger partial charge in [0.25, 0.3) is 0 Å². The van der Waals surface area contributed by atoms with Gasteiger partial charge in [0.15, 0.2) is 8.77 Å². The van der Waals surface area contributed by atoms with Crippen molar-refractivity contribution in [3.8, 4) is 0 Å². The monoisotopic (exact) mass is 378 g/mol. The van der Waals surface area contributed by atoms with Gasteiger partial charge in [-0.25, -0.2) is 4.21 Å². The standard InChI is InChI=1S/C15H26O5S2Si/c1-6-18-23(19-7-2,20-8-3)12-17-22(16,21)15-11-9-10-13(4)14(15)5/h9-11H,6-8,12H2,1-5H3. The lowest BCUT2D eigenvalue weighted by molar-refractivity contribution is 0.0558. The van der Waals surface area contributed by atoms with Crippen LogP contribution in [0.1, 0.15) is 31.9 Å². The zero-order chi connectivity index (χ0) is 17.5. The van der Waals surface area contributed by atoms with E-state index in [1.54, 1.807) is 6.07 Å². The predicted octanol–water partition coefficient (Wildman–Crippen LogP) is 2.93. The molecule has 1 unspecified atom stereocenters. The minimum Gasteiger partial charge on any atom is -0.372 e. The van der Waals surface area contributed by atoms with Crippen LogP contribution >= 0.6 is 0 Å². The number of hydrogen-bond donors (Lipinski definition) is 0. The molecule has 1 atom stereocenters. The van der Waals surface area contributed by atoms with Gasteiger partial charge in [0.1, 0.15) is 6.23 Å². The van der Waals surface area contributed by atoms with Crippen molar-refractivity contribution in [2.45, 2.75) is 39.5 Å². The Balaban J connectivity index is 3.01. The zero-order valence-corrected chi connectivity index (χ0v) is 17.1. The summed E-state index contributed by atoms with van der Waals surface area (Å²) in [5.41, 5.74) is 1.90. The van der Waals surface area contributed by atoms with Crippen molar-refractivity contribution in [1.29, 1.82) is 0 Å². The molecular formula is C15H26O5S2Si. The highest BCUT2D eigenvalue weighted by atomic mass is 32.8. The van der Waals surface area contributed by atoms with Crippen LogP contribution in [0.15, 0.2) is 23.1 Å². The maximum Gasteiger partial charge on any atom is 0.529 e. The van der Waals surface area contributed by atoms with Crippen LogP contribution in [-0.2, 0) is 37.4 Å². The molecule has 8 heteroatoms. The fraction of sp³-hybridized carbons (Fsp3) is 0.600. The second-order valence-corrected chi connectivity index (χ2v) is 10.3. The van der Waals surface area contributed by atoms with Gasteiger partial charge in [0.2, 0.25) is 0 Å². The fourth-order valence-corrected chi connectivity index (χ4v) is 7.02. The van der Waals surface area contributed by atoms with Crippen LogP contribution in [0.2, 0.25) is 0 Å². The molecule has 0 spiro atoms. The number of benzene rings is 1. The Morgan fingerprint density at radius 2 is 1.57 bits per heavy atom. The van der Waals surface area contributed by atoms with Crippen molar-refractivity contribution in [3.05, 3.63) is 29.3 Å². The summed E-state index contributed by atoms with van der Waals surface area (Å²) in [6.45, 7) is 10.7. The second kappa shape index (κ2) is 9.21. The van der Waals surface area contributed by atoms with Crippen LogP contribution in [0.3, 0.4) is 0 Å². The maximum atomic E-state index is 12.9. The highest BCUT2D eigenvalue weighted by Gasteiger charge is 2.42. The van der Waals surface area contributed by atoms with E-state index in [4.69, 9.17) is 28.6 Å². The normalized spacial score (nSPS) is 14.7. The summed E-state index contributed by atoms with van der Waals surface area (Å²) in [5, 5.41) is 0. The Hall–Kier alpha value is -0.353. The van der Waals surface area contributed by atoms with Gasteiger partial charge in [0, 0.05) is 31.0 Å². The van der Waals surface area contributed by atoms with Gasteiger partial charge in [0.05, 0.1) is 4.90 Å². The van der Waals surface area contributed by atoms with Crippen LogP contribution < -0.4 is 0 Å². The quantitative estimate of drug-likeness (QED) is 0.584. The van der Waals surface area contributed by atoms with E-state index in [-0.39, 0.29) is 6.23 Å².